The highest BCUT2D eigenvalue weighted by Gasteiger charge is 2.27. The number of aryl methyl sites for hydroxylation is 1. The third-order valence-corrected chi connectivity index (χ3v) is 7.08. The number of hydrogen-bond acceptors (Lipinski definition) is 4. The quantitative estimate of drug-likeness (QED) is 0.355. The predicted octanol–water partition coefficient (Wildman–Crippen LogP) is 5.10. The second-order valence-electron chi connectivity index (χ2n) is 9.68. The highest BCUT2D eigenvalue weighted by atomic mass is 16.2. The van der Waals surface area contributed by atoms with Crippen molar-refractivity contribution in [3.8, 4) is 11.1 Å². The number of para-hydroxylation sites is 1. The molecule has 2 aromatic carbocycles. The molecule has 4 aromatic rings. The van der Waals surface area contributed by atoms with E-state index in [-0.39, 0.29) is 5.91 Å². The zero-order valence-electron chi connectivity index (χ0n) is 20.7. The van der Waals surface area contributed by atoms with Crippen molar-refractivity contribution in [2.45, 2.75) is 31.7 Å². The Kier molecular flexibility index (Phi) is 6.64. The van der Waals surface area contributed by atoms with Gasteiger partial charge in [0.1, 0.15) is 0 Å². The van der Waals surface area contributed by atoms with Crippen LogP contribution in [0.15, 0.2) is 67.4 Å². The maximum atomic E-state index is 12.1. The Balaban J connectivity index is 1.52. The van der Waals surface area contributed by atoms with E-state index < -0.39 is 0 Å². The van der Waals surface area contributed by atoms with Crippen molar-refractivity contribution in [3.05, 3.63) is 73.1 Å². The van der Waals surface area contributed by atoms with Crippen molar-refractivity contribution in [2.24, 2.45) is 0 Å². The van der Waals surface area contributed by atoms with Crippen molar-refractivity contribution in [3.63, 3.8) is 0 Å². The molecule has 0 saturated carbocycles. The number of carbonyl (C=O) groups excluding carboxylic acids is 1. The van der Waals surface area contributed by atoms with Crippen molar-refractivity contribution < 1.29 is 4.79 Å². The Labute approximate surface area is 206 Å². The number of aromatic nitrogens is 3. The van der Waals surface area contributed by atoms with Gasteiger partial charge in [-0.15, -0.1) is 0 Å². The van der Waals surface area contributed by atoms with Crippen LogP contribution in [0.2, 0.25) is 0 Å². The van der Waals surface area contributed by atoms with Gasteiger partial charge in [0.15, 0.2) is 0 Å². The first-order valence-corrected chi connectivity index (χ1v) is 12.5. The number of hydrogen-bond donors (Lipinski definition) is 0. The molecule has 0 unspecified atom stereocenters. The van der Waals surface area contributed by atoms with Gasteiger partial charge in [-0.05, 0) is 75.3 Å². The third-order valence-electron chi connectivity index (χ3n) is 7.08. The summed E-state index contributed by atoms with van der Waals surface area (Å²) in [4.78, 5) is 20.7. The molecule has 0 bridgehead atoms. The summed E-state index contributed by atoms with van der Waals surface area (Å²) in [7, 11) is 4.22. The first-order valence-electron chi connectivity index (χ1n) is 12.5. The van der Waals surface area contributed by atoms with Crippen LogP contribution in [0, 0.1) is 0 Å². The fraction of sp³-hybridized carbons (Fsp3) is 0.345. The Morgan fingerprint density at radius 2 is 1.89 bits per heavy atom. The molecule has 6 nitrogen and oxygen atoms in total. The van der Waals surface area contributed by atoms with E-state index in [2.05, 4.69) is 77.7 Å². The summed E-state index contributed by atoms with van der Waals surface area (Å²) in [5, 5.41) is 7.49. The van der Waals surface area contributed by atoms with E-state index in [9.17, 15) is 4.79 Å². The van der Waals surface area contributed by atoms with Crippen molar-refractivity contribution in [1.29, 1.82) is 0 Å². The van der Waals surface area contributed by atoms with Crippen LogP contribution in [0.1, 0.15) is 30.9 Å². The maximum absolute atomic E-state index is 12.1. The van der Waals surface area contributed by atoms with Gasteiger partial charge >= 0.3 is 0 Å². The molecule has 0 radical (unpaired) electrons. The van der Waals surface area contributed by atoms with Gasteiger partial charge in [-0.3, -0.25) is 14.5 Å². The van der Waals surface area contributed by atoms with Gasteiger partial charge in [-0.1, -0.05) is 36.9 Å². The van der Waals surface area contributed by atoms with Crippen LogP contribution in [-0.4, -0.2) is 64.2 Å². The second-order valence-corrected chi connectivity index (χ2v) is 9.68. The zero-order chi connectivity index (χ0) is 24.4. The number of amides is 1. The monoisotopic (exact) mass is 467 g/mol. The Morgan fingerprint density at radius 1 is 1.09 bits per heavy atom. The first-order chi connectivity index (χ1) is 17.0. The molecule has 3 heterocycles. The van der Waals surface area contributed by atoms with E-state index in [0.29, 0.717) is 5.92 Å². The molecule has 0 N–H and O–H groups in total. The van der Waals surface area contributed by atoms with E-state index in [1.54, 1.807) is 0 Å². The van der Waals surface area contributed by atoms with E-state index in [0.717, 1.165) is 67.4 Å². The van der Waals surface area contributed by atoms with Gasteiger partial charge in [0.05, 0.1) is 11.0 Å². The fourth-order valence-corrected chi connectivity index (χ4v) is 5.31. The standard InChI is InChI=1S/C29H33N5O/c1-4-28(35)33-18-13-21(14-19-33)29-25-11-10-22(20-27(25)31-34(29)17-7-16-32(2)3)23-12-15-30-26-9-6-5-8-24(23)26/h4-6,8-12,15,20-21H,1,7,13-14,16-19H2,2-3H3. The summed E-state index contributed by atoms with van der Waals surface area (Å²) in [5.41, 5.74) is 5.69. The molecular weight excluding hydrogens is 434 g/mol. The molecule has 0 aliphatic carbocycles. The number of pyridine rings is 1. The number of fused-ring (bicyclic) bond motifs is 2. The first kappa shape index (κ1) is 23.2. The minimum absolute atomic E-state index is 0.0296. The van der Waals surface area contributed by atoms with E-state index >= 15 is 0 Å². The summed E-state index contributed by atoms with van der Waals surface area (Å²) in [5.74, 6) is 0.419. The van der Waals surface area contributed by atoms with Gasteiger partial charge in [-0.25, -0.2) is 0 Å². The Hall–Kier alpha value is -3.51. The summed E-state index contributed by atoms with van der Waals surface area (Å²) < 4.78 is 2.23. The molecule has 0 atom stereocenters. The molecule has 1 aliphatic rings. The van der Waals surface area contributed by atoms with Crippen LogP contribution in [0.3, 0.4) is 0 Å². The number of likely N-dealkylation sites (tertiary alicyclic amines) is 1. The molecule has 1 aliphatic heterocycles. The topological polar surface area (TPSA) is 54.3 Å². The lowest BCUT2D eigenvalue weighted by Gasteiger charge is -2.32. The molecule has 1 saturated heterocycles. The van der Waals surface area contributed by atoms with Gasteiger partial charge in [-0.2, -0.15) is 5.10 Å². The van der Waals surface area contributed by atoms with Crippen LogP contribution in [0.4, 0.5) is 0 Å². The lowest BCUT2D eigenvalue weighted by Crippen LogP contribution is -2.37. The highest BCUT2D eigenvalue weighted by Crippen LogP contribution is 2.36. The zero-order valence-corrected chi connectivity index (χ0v) is 20.7. The largest absolute Gasteiger partial charge is 0.339 e. The van der Waals surface area contributed by atoms with E-state index in [1.807, 2.05) is 17.2 Å². The Bertz CT molecular complexity index is 1360. The second kappa shape index (κ2) is 10.0. The van der Waals surface area contributed by atoms with Crippen molar-refractivity contribution >= 4 is 27.7 Å². The number of piperidine rings is 1. The van der Waals surface area contributed by atoms with Gasteiger partial charge < -0.3 is 9.80 Å². The van der Waals surface area contributed by atoms with Crippen molar-refractivity contribution in [1.82, 2.24) is 24.6 Å². The van der Waals surface area contributed by atoms with Crippen molar-refractivity contribution in [2.75, 3.05) is 33.7 Å². The maximum Gasteiger partial charge on any atom is 0.245 e. The lowest BCUT2D eigenvalue weighted by atomic mass is 9.90. The minimum Gasteiger partial charge on any atom is -0.339 e. The molecule has 180 valence electrons. The van der Waals surface area contributed by atoms with Crippen LogP contribution in [0.5, 0.6) is 0 Å². The number of nitrogens with zero attached hydrogens (tertiary/aromatic N) is 5. The van der Waals surface area contributed by atoms with E-state index in [1.165, 1.54) is 22.7 Å². The molecule has 1 fully saturated rings. The summed E-state index contributed by atoms with van der Waals surface area (Å²) in [6.07, 6.45) is 6.25. The third kappa shape index (κ3) is 4.71. The number of rotatable bonds is 7. The van der Waals surface area contributed by atoms with Gasteiger partial charge in [0.25, 0.3) is 0 Å². The highest BCUT2D eigenvalue weighted by molar-refractivity contribution is 5.97. The normalized spacial score (nSPS) is 14.8. The summed E-state index contributed by atoms with van der Waals surface area (Å²) in [6, 6.07) is 17.0. The van der Waals surface area contributed by atoms with E-state index in [4.69, 9.17) is 5.10 Å². The molecule has 1 amide bonds. The smallest absolute Gasteiger partial charge is 0.245 e. The number of benzene rings is 2. The lowest BCUT2D eigenvalue weighted by molar-refractivity contribution is -0.127. The summed E-state index contributed by atoms with van der Waals surface area (Å²) in [6.45, 7) is 7.09. The molecule has 5 rings (SSSR count). The molecule has 0 spiro atoms. The minimum atomic E-state index is 0.0296. The SMILES string of the molecule is C=CC(=O)N1CCC(c2c3ccc(-c4ccnc5ccccc45)cc3nn2CCCN(C)C)CC1. The summed E-state index contributed by atoms with van der Waals surface area (Å²) >= 11 is 0. The van der Waals surface area contributed by atoms with Crippen LogP contribution < -0.4 is 0 Å². The van der Waals surface area contributed by atoms with Crippen LogP contribution >= 0.6 is 0 Å². The predicted molar refractivity (Wildman–Crippen MR) is 142 cm³/mol. The van der Waals surface area contributed by atoms with Crippen LogP contribution in [-0.2, 0) is 11.3 Å². The Morgan fingerprint density at radius 3 is 2.66 bits per heavy atom. The van der Waals surface area contributed by atoms with Gasteiger partial charge in [0.2, 0.25) is 5.91 Å². The molecular formula is C29H33N5O. The number of carbonyl (C=O) groups is 1. The average Bonchev–Trinajstić information content (AvgIpc) is 3.25. The average molecular weight is 468 g/mol. The molecule has 6 heteroatoms. The van der Waals surface area contributed by atoms with Crippen LogP contribution in [0.25, 0.3) is 32.9 Å². The molecule has 2 aromatic heterocycles. The molecule has 35 heavy (non-hydrogen) atoms. The van der Waals surface area contributed by atoms with Gasteiger partial charge in [0, 0.05) is 48.2 Å². The fourth-order valence-electron chi connectivity index (χ4n) is 5.31.